The topological polar surface area (TPSA) is 96.0 Å². The van der Waals surface area contributed by atoms with Gasteiger partial charge in [0.15, 0.2) is 0 Å². The number of ether oxygens (including phenoxy) is 1. The first kappa shape index (κ1) is 27.7. The number of fused-ring (bicyclic) bond motifs is 1. The number of nitrogens with one attached hydrogen (secondary N) is 1. The number of carbonyl (C=O) groups is 2. The van der Waals surface area contributed by atoms with Gasteiger partial charge in [-0.25, -0.2) is 9.18 Å². The van der Waals surface area contributed by atoms with E-state index in [2.05, 4.69) is 5.32 Å². The Morgan fingerprint density at radius 2 is 1.74 bits per heavy atom. The maximum Gasteiger partial charge on any atom is 0.341 e. The van der Waals surface area contributed by atoms with Crippen molar-refractivity contribution in [3.05, 3.63) is 81.5 Å². The van der Waals surface area contributed by atoms with Crippen molar-refractivity contribution in [2.75, 3.05) is 30.3 Å². The Bertz CT molecular complexity index is 1440. The highest BCUT2D eigenvalue weighted by Crippen LogP contribution is 2.39. The van der Waals surface area contributed by atoms with Crippen LogP contribution < -0.4 is 9.62 Å². The maximum atomic E-state index is 14.5. The van der Waals surface area contributed by atoms with E-state index in [9.17, 15) is 22.4 Å². The van der Waals surface area contributed by atoms with Gasteiger partial charge in [0.2, 0.25) is 0 Å². The third-order valence-electron chi connectivity index (χ3n) is 6.28. The second-order valence-electron chi connectivity index (χ2n) is 9.03. The Balaban J connectivity index is 1.57. The quantitative estimate of drug-likeness (QED) is 0.372. The smallest absolute Gasteiger partial charge is 0.341 e. The van der Waals surface area contributed by atoms with Gasteiger partial charge in [0.1, 0.15) is 10.8 Å². The lowest BCUT2D eigenvalue weighted by molar-refractivity contribution is 0.0526. The minimum absolute atomic E-state index is 0.0730. The highest BCUT2D eigenvalue weighted by Gasteiger charge is 2.29. The Morgan fingerprint density at radius 3 is 2.39 bits per heavy atom. The molecule has 0 bridgehead atoms. The largest absolute Gasteiger partial charge is 0.462 e. The van der Waals surface area contributed by atoms with Crippen LogP contribution in [0.1, 0.15) is 56.5 Å². The number of nitrogens with zero attached hydrogens (tertiary/aromatic N) is 2. The molecule has 8 nitrogen and oxygen atoms in total. The second-order valence-corrected chi connectivity index (χ2v) is 12.2. The van der Waals surface area contributed by atoms with Crippen LogP contribution >= 0.6 is 11.3 Å². The molecule has 0 saturated heterocycles. The van der Waals surface area contributed by atoms with Gasteiger partial charge in [0.05, 0.1) is 24.4 Å². The third kappa shape index (κ3) is 5.74. The number of benzene rings is 2. The van der Waals surface area contributed by atoms with Crippen LogP contribution in [0, 0.1) is 5.82 Å². The zero-order valence-electron chi connectivity index (χ0n) is 21.5. The van der Waals surface area contributed by atoms with E-state index in [1.807, 2.05) is 0 Å². The molecular formula is C27H30FN3O5S2. The molecule has 0 spiro atoms. The Morgan fingerprint density at radius 1 is 1.05 bits per heavy atom. The summed E-state index contributed by atoms with van der Waals surface area (Å²) in [6, 6.07) is 12.1. The molecule has 1 N–H and O–H groups in total. The molecule has 1 heterocycles. The van der Waals surface area contributed by atoms with Crippen molar-refractivity contribution in [3.8, 4) is 0 Å². The number of esters is 1. The van der Waals surface area contributed by atoms with Crippen molar-refractivity contribution in [2.45, 2.75) is 39.2 Å². The number of rotatable bonds is 9. The molecule has 1 aromatic heterocycles. The Labute approximate surface area is 226 Å². The van der Waals surface area contributed by atoms with Gasteiger partial charge in [0, 0.05) is 24.5 Å². The fourth-order valence-electron chi connectivity index (χ4n) is 4.32. The number of hydrogen-bond acceptors (Lipinski definition) is 6. The predicted molar refractivity (Wildman–Crippen MR) is 147 cm³/mol. The number of aryl methyl sites for hydroxylation is 1. The zero-order chi connectivity index (χ0) is 27.4. The lowest BCUT2D eigenvalue weighted by atomic mass is 9.95. The molecule has 1 amide bonds. The molecule has 0 fully saturated rings. The summed E-state index contributed by atoms with van der Waals surface area (Å²) in [4.78, 5) is 26.9. The summed E-state index contributed by atoms with van der Waals surface area (Å²) in [6.45, 7) is 1.85. The summed E-state index contributed by atoms with van der Waals surface area (Å²) in [7, 11) is -1.24. The first-order valence-electron chi connectivity index (χ1n) is 12.3. The Hall–Kier alpha value is -3.28. The van der Waals surface area contributed by atoms with Crippen molar-refractivity contribution in [1.82, 2.24) is 4.31 Å². The fraction of sp³-hybridized carbons (Fsp3) is 0.333. The van der Waals surface area contributed by atoms with Gasteiger partial charge < -0.3 is 10.1 Å². The molecule has 1 aliphatic carbocycles. The molecule has 0 aliphatic heterocycles. The third-order valence-corrected chi connectivity index (χ3v) is 9.29. The number of hydrogen-bond donors (Lipinski definition) is 1. The maximum absolute atomic E-state index is 14.5. The van der Waals surface area contributed by atoms with Crippen molar-refractivity contribution < 1.29 is 27.1 Å². The predicted octanol–water partition coefficient (Wildman–Crippen LogP) is 5.01. The van der Waals surface area contributed by atoms with Crippen molar-refractivity contribution in [3.63, 3.8) is 0 Å². The summed E-state index contributed by atoms with van der Waals surface area (Å²) in [5, 5.41) is 3.35. The molecule has 2 aromatic carbocycles. The van der Waals surface area contributed by atoms with E-state index in [0.717, 1.165) is 44.7 Å². The molecule has 0 saturated carbocycles. The summed E-state index contributed by atoms with van der Waals surface area (Å²) in [5.74, 6) is -1.49. The monoisotopic (exact) mass is 559 g/mol. The van der Waals surface area contributed by atoms with Crippen molar-refractivity contribution >= 4 is 44.1 Å². The molecule has 3 aromatic rings. The van der Waals surface area contributed by atoms with Crippen LogP contribution in [-0.2, 0) is 34.3 Å². The Kier molecular flexibility index (Phi) is 8.49. The van der Waals surface area contributed by atoms with Gasteiger partial charge in [-0.1, -0.05) is 24.3 Å². The van der Waals surface area contributed by atoms with Gasteiger partial charge in [0.25, 0.3) is 5.91 Å². The first-order chi connectivity index (χ1) is 18.1. The standard InChI is InChI=1S/C27H30FN3O5S2/c1-4-36-27(33)24-20-9-5-8-12-23(20)37-26(24)29-25(32)19-15-13-18(14-16-19)17-31(38(34,35)30(2)3)22-11-7-6-10-21(22)28/h6-7,10-11,13-16H,4-5,8-9,12,17H2,1-3H3,(H,29,32). The SMILES string of the molecule is CCOC(=O)c1c(NC(=O)c2ccc(CN(c3ccccc3F)S(=O)(=O)N(C)C)cc2)sc2c1CCCC2. The van der Waals surface area contributed by atoms with Crippen molar-refractivity contribution in [2.24, 2.45) is 0 Å². The number of carbonyl (C=O) groups excluding carboxylic acids is 2. The first-order valence-corrected chi connectivity index (χ1v) is 14.5. The summed E-state index contributed by atoms with van der Waals surface area (Å²) < 4.78 is 47.7. The van der Waals surface area contributed by atoms with Crippen LogP contribution in [0.3, 0.4) is 0 Å². The number of para-hydroxylation sites is 1. The average Bonchev–Trinajstić information content (AvgIpc) is 3.26. The van der Waals surface area contributed by atoms with E-state index < -0.39 is 27.9 Å². The molecule has 4 rings (SSSR count). The molecule has 11 heteroatoms. The van der Waals surface area contributed by atoms with E-state index in [1.165, 1.54) is 43.6 Å². The molecule has 202 valence electrons. The highest BCUT2D eigenvalue weighted by atomic mass is 32.2. The van der Waals surface area contributed by atoms with Gasteiger partial charge in [-0.15, -0.1) is 11.3 Å². The second kappa shape index (κ2) is 11.6. The van der Waals surface area contributed by atoms with Crippen LogP contribution in [0.5, 0.6) is 0 Å². The van der Waals surface area contributed by atoms with Gasteiger partial charge in [-0.05, 0) is 68.0 Å². The fourth-order valence-corrected chi connectivity index (χ4v) is 6.69. The lowest BCUT2D eigenvalue weighted by Gasteiger charge is -2.27. The van der Waals surface area contributed by atoms with Gasteiger partial charge >= 0.3 is 16.2 Å². The average molecular weight is 560 g/mol. The number of halogens is 1. The molecular weight excluding hydrogens is 529 g/mol. The zero-order valence-corrected chi connectivity index (χ0v) is 23.1. The molecule has 0 radical (unpaired) electrons. The van der Waals surface area contributed by atoms with Crippen LogP contribution in [-0.4, -0.2) is 45.3 Å². The van der Waals surface area contributed by atoms with Gasteiger partial charge in [-0.2, -0.15) is 12.7 Å². The van der Waals surface area contributed by atoms with Crippen LogP contribution in [0.15, 0.2) is 48.5 Å². The normalized spacial score (nSPS) is 13.2. The van der Waals surface area contributed by atoms with E-state index >= 15 is 0 Å². The van der Waals surface area contributed by atoms with Crippen molar-refractivity contribution in [1.29, 1.82) is 0 Å². The molecule has 0 atom stereocenters. The van der Waals surface area contributed by atoms with Crippen LogP contribution in [0.2, 0.25) is 0 Å². The minimum Gasteiger partial charge on any atom is -0.462 e. The van der Waals surface area contributed by atoms with E-state index in [-0.39, 0.29) is 18.8 Å². The molecule has 0 unspecified atom stereocenters. The van der Waals surface area contributed by atoms with Crippen LogP contribution in [0.4, 0.5) is 15.1 Å². The molecule has 1 aliphatic rings. The van der Waals surface area contributed by atoms with E-state index in [1.54, 1.807) is 37.3 Å². The van der Waals surface area contributed by atoms with E-state index in [4.69, 9.17) is 4.74 Å². The minimum atomic E-state index is -3.99. The summed E-state index contributed by atoms with van der Waals surface area (Å²) in [6.07, 6.45) is 3.67. The number of thiophene rings is 1. The number of amides is 1. The lowest BCUT2D eigenvalue weighted by Crippen LogP contribution is -2.40. The number of anilines is 2. The van der Waals surface area contributed by atoms with E-state index in [0.29, 0.717) is 21.7 Å². The molecule has 38 heavy (non-hydrogen) atoms. The highest BCUT2D eigenvalue weighted by molar-refractivity contribution is 7.90. The van der Waals surface area contributed by atoms with Gasteiger partial charge in [-0.3, -0.25) is 9.10 Å². The summed E-state index contributed by atoms with van der Waals surface area (Å²) >= 11 is 1.41. The summed E-state index contributed by atoms with van der Waals surface area (Å²) in [5.41, 5.74) is 2.22. The van der Waals surface area contributed by atoms with Crippen LogP contribution in [0.25, 0.3) is 0 Å².